The van der Waals surface area contributed by atoms with Crippen molar-refractivity contribution >= 4 is 15.9 Å². The number of benzene rings is 2. The number of rotatable bonds is 7. The van der Waals surface area contributed by atoms with Gasteiger partial charge in [0.05, 0.1) is 11.3 Å². The van der Waals surface area contributed by atoms with Crippen LogP contribution in [0.5, 0.6) is 0 Å². The Labute approximate surface area is 147 Å². The van der Waals surface area contributed by atoms with E-state index >= 15 is 0 Å². The molecule has 7 heteroatoms. The fourth-order valence-corrected chi connectivity index (χ4v) is 3.18. The highest BCUT2D eigenvalue weighted by molar-refractivity contribution is 7.89. The molecule has 0 aliphatic rings. The third-order valence-electron chi connectivity index (χ3n) is 3.74. The zero-order chi connectivity index (χ0) is 18.4. The summed E-state index contributed by atoms with van der Waals surface area (Å²) in [5.74, 6) is -0.478. The van der Waals surface area contributed by atoms with Gasteiger partial charge in [-0.25, -0.2) is 17.1 Å². The van der Waals surface area contributed by atoms with Gasteiger partial charge in [-0.2, -0.15) is 0 Å². The first-order valence-electron chi connectivity index (χ1n) is 7.82. The van der Waals surface area contributed by atoms with Gasteiger partial charge in [0.1, 0.15) is 5.82 Å². The molecule has 2 aromatic rings. The smallest absolute Gasteiger partial charge is 0.242 e. The lowest BCUT2D eigenvalue weighted by Crippen LogP contribution is -2.27. The Balaban J connectivity index is 1.88. The lowest BCUT2D eigenvalue weighted by Gasteiger charge is -2.11. The second-order valence-electron chi connectivity index (χ2n) is 5.80. The van der Waals surface area contributed by atoms with Crippen LogP contribution in [0, 0.1) is 5.82 Å². The van der Waals surface area contributed by atoms with Gasteiger partial charge in [0.15, 0.2) is 0 Å². The van der Waals surface area contributed by atoms with Gasteiger partial charge in [0.2, 0.25) is 15.9 Å². The molecule has 0 spiro atoms. The summed E-state index contributed by atoms with van der Waals surface area (Å²) in [6.07, 6.45) is 0.554. The average Bonchev–Trinajstić information content (AvgIpc) is 2.57. The van der Waals surface area contributed by atoms with Crippen LogP contribution in [0.2, 0.25) is 0 Å². The molecule has 134 valence electrons. The van der Waals surface area contributed by atoms with E-state index in [1.807, 2.05) is 0 Å². The highest BCUT2D eigenvalue weighted by atomic mass is 32.2. The molecule has 0 bridgehead atoms. The Hall–Kier alpha value is -2.25. The highest BCUT2D eigenvalue weighted by Crippen LogP contribution is 2.14. The molecule has 2 rings (SSSR count). The minimum atomic E-state index is -3.47. The molecule has 0 aliphatic carbocycles. The quantitative estimate of drug-likeness (QED) is 0.817. The number of sulfonamides is 1. The molecule has 1 N–H and O–H groups in total. The third kappa shape index (κ3) is 5.11. The van der Waals surface area contributed by atoms with E-state index in [1.165, 1.54) is 32.3 Å². The Morgan fingerprint density at radius 2 is 1.72 bits per heavy atom. The normalized spacial score (nSPS) is 11.5. The first-order chi connectivity index (χ1) is 11.8. The fraction of sp³-hybridized carbons (Fsp3) is 0.278. The molecule has 0 radical (unpaired) electrons. The minimum Gasteiger partial charge on any atom is -0.355 e. The summed E-state index contributed by atoms with van der Waals surface area (Å²) in [6, 6.07) is 12.7. The second-order valence-corrected chi connectivity index (χ2v) is 7.95. The summed E-state index contributed by atoms with van der Waals surface area (Å²) in [6.45, 7) is 0.340. The monoisotopic (exact) mass is 364 g/mol. The number of nitrogens with one attached hydrogen (secondary N) is 1. The summed E-state index contributed by atoms with van der Waals surface area (Å²) >= 11 is 0. The maximum atomic E-state index is 13.5. The van der Waals surface area contributed by atoms with Crippen LogP contribution in [0.1, 0.15) is 11.1 Å². The Morgan fingerprint density at radius 1 is 1.08 bits per heavy atom. The first kappa shape index (κ1) is 19.1. The van der Waals surface area contributed by atoms with Gasteiger partial charge in [0, 0.05) is 20.6 Å². The summed E-state index contributed by atoms with van der Waals surface area (Å²) < 4.78 is 38.6. The zero-order valence-electron chi connectivity index (χ0n) is 14.2. The maximum Gasteiger partial charge on any atom is 0.242 e. The molecule has 2 aromatic carbocycles. The summed E-state index contributed by atoms with van der Waals surface area (Å²) in [5.41, 5.74) is 1.27. The van der Waals surface area contributed by atoms with Crippen molar-refractivity contribution in [2.75, 3.05) is 20.6 Å². The van der Waals surface area contributed by atoms with E-state index in [0.29, 0.717) is 24.1 Å². The van der Waals surface area contributed by atoms with Gasteiger partial charge in [-0.05, 0) is 35.7 Å². The van der Waals surface area contributed by atoms with Crippen molar-refractivity contribution in [2.45, 2.75) is 17.7 Å². The zero-order valence-corrected chi connectivity index (χ0v) is 15.0. The molecule has 0 aromatic heterocycles. The van der Waals surface area contributed by atoms with Crippen LogP contribution in [-0.4, -0.2) is 39.3 Å². The summed E-state index contributed by atoms with van der Waals surface area (Å²) in [7, 11) is -0.545. The molecular formula is C18H21FN2O3S. The number of halogens is 1. The number of hydrogen-bond acceptors (Lipinski definition) is 3. The molecule has 0 heterocycles. The number of amides is 1. The number of carbonyl (C=O) groups excluding carboxylic acids is 1. The topological polar surface area (TPSA) is 66.5 Å². The van der Waals surface area contributed by atoms with Crippen LogP contribution in [0.3, 0.4) is 0 Å². The second kappa shape index (κ2) is 8.22. The third-order valence-corrected chi connectivity index (χ3v) is 5.57. The Bertz CT molecular complexity index is 834. The number of nitrogens with zero attached hydrogens (tertiary/aromatic N) is 1. The fourth-order valence-electron chi connectivity index (χ4n) is 2.28. The van der Waals surface area contributed by atoms with Crippen molar-refractivity contribution in [1.82, 2.24) is 9.62 Å². The minimum absolute atomic E-state index is 0.138. The van der Waals surface area contributed by atoms with E-state index < -0.39 is 10.0 Å². The van der Waals surface area contributed by atoms with E-state index in [9.17, 15) is 17.6 Å². The molecule has 0 saturated carbocycles. The van der Waals surface area contributed by atoms with Gasteiger partial charge in [-0.15, -0.1) is 0 Å². The first-order valence-corrected chi connectivity index (χ1v) is 9.26. The van der Waals surface area contributed by atoms with Gasteiger partial charge < -0.3 is 5.32 Å². The molecule has 0 saturated heterocycles. The van der Waals surface area contributed by atoms with E-state index in [1.54, 1.807) is 30.3 Å². The predicted octanol–water partition coefficient (Wildman–Crippen LogP) is 1.98. The Kier molecular flexibility index (Phi) is 6.27. The number of carbonyl (C=O) groups is 1. The van der Waals surface area contributed by atoms with Crippen molar-refractivity contribution in [3.63, 3.8) is 0 Å². The molecule has 0 fully saturated rings. The van der Waals surface area contributed by atoms with E-state index in [4.69, 9.17) is 0 Å². The van der Waals surface area contributed by atoms with Crippen LogP contribution >= 0.6 is 0 Å². The van der Waals surface area contributed by atoms with E-state index in [2.05, 4.69) is 5.32 Å². The molecule has 0 atom stereocenters. The lowest BCUT2D eigenvalue weighted by atomic mass is 10.1. The SMILES string of the molecule is CN(C)S(=O)(=O)c1ccc(CC(=O)NCCc2ccccc2F)cc1. The van der Waals surface area contributed by atoms with Gasteiger partial charge in [-0.3, -0.25) is 4.79 Å². The lowest BCUT2D eigenvalue weighted by molar-refractivity contribution is -0.120. The molecule has 0 aliphatic heterocycles. The average molecular weight is 364 g/mol. The molecule has 0 unspecified atom stereocenters. The van der Waals surface area contributed by atoms with Gasteiger partial charge in [0.25, 0.3) is 0 Å². The standard InChI is InChI=1S/C18H21FN2O3S/c1-21(2)25(23,24)16-9-7-14(8-10-16)13-18(22)20-12-11-15-5-3-4-6-17(15)19/h3-10H,11-13H2,1-2H3,(H,20,22). The maximum absolute atomic E-state index is 13.5. The summed E-state index contributed by atoms with van der Waals surface area (Å²) in [4.78, 5) is 12.1. The molecule has 5 nitrogen and oxygen atoms in total. The molecule has 25 heavy (non-hydrogen) atoms. The van der Waals surface area contributed by atoms with Crippen LogP contribution in [-0.2, 0) is 27.7 Å². The van der Waals surface area contributed by atoms with Crippen LogP contribution in [0.4, 0.5) is 4.39 Å². The number of hydrogen-bond donors (Lipinski definition) is 1. The van der Waals surface area contributed by atoms with Crippen LogP contribution < -0.4 is 5.32 Å². The van der Waals surface area contributed by atoms with Crippen molar-refractivity contribution in [3.05, 3.63) is 65.5 Å². The predicted molar refractivity (Wildman–Crippen MR) is 94.1 cm³/mol. The van der Waals surface area contributed by atoms with E-state index in [-0.39, 0.29) is 23.0 Å². The van der Waals surface area contributed by atoms with Gasteiger partial charge in [-0.1, -0.05) is 30.3 Å². The molecule has 1 amide bonds. The van der Waals surface area contributed by atoms with Crippen molar-refractivity contribution < 1.29 is 17.6 Å². The largest absolute Gasteiger partial charge is 0.355 e. The molecular weight excluding hydrogens is 343 g/mol. The van der Waals surface area contributed by atoms with Crippen molar-refractivity contribution in [1.29, 1.82) is 0 Å². The highest BCUT2D eigenvalue weighted by Gasteiger charge is 2.16. The van der Waals surface area contributed by atoms with Crippen LogP contribution in [0.15, 0.2) is 53.4 Å². The van der Waals surface area contributed by atoms with Crippen molar-refractivity contribution in [2.24, 2.45) is 0 Å². The van der Waals surface area contributed by atoms with E-state index in [0.717, 1.165) is 4.31 Å². The Morgan fingerprint density at radius 3 is 2.32 bits per heavy atom. The van der Waals surface area contributed by atoms with Crippen molar-refractivity contribution in [3.8, 4) is 0 Å². The van der Waals surface area contributed by atoms with Crippen LogP contribution in [0.25, 0.3) is 0 Å². The summed E-state index contributed by atoms with van der Waals surface area (Å²) in [5, 5.41) is 2.74. The van der Waals surface area contributed by atoms with Gasteiger partial charge >= 0.3 is 0 Å².